The molecule has 0 aromatic heterocycles. The highest BCUT2D eigenvalue weighted by Crippen LogP contribution is 2.35. The number of hydrogen-bond acceptors (Lipinski definition) is 2. The van der Waals surface area contributed by atoms with Crippen molar-refractivity contribution in [3.8, 4) is 0 Å². The number of aliphatic carboxylic acids is 1. The highest BCUT2D eigenvalue weighted by atomic mass is 35.5. The first-order valence-corrected chi connectivity index (χ1v) is 7.83. The predicted octanol–water partition coefficient (Wildman–Crippen LogP) is 3.98. The molecule has 2 unspecified atom stereocenters. The molecule has 1 heterocycles. The second-order valence-corrected chi connectivity index (χ2v) is 6.04. The van der Waals surface area contributed by atoms with Crippen LogP contribution in [0.4, 0.5) is 0 Å². The number of hydrogen-bond donors (Lipinski definition) is 1. The molecule has 22 heavy (non-hydrogen) atoms. The topological polar surface area (TPSA) is 40.5 Å². The van der Waals surface area contributed by atoms with Crippen LogP contribution in [0, 0.1) is 0 Å². The molecule has 0 bridgehead atoms. The second kappa shape index (κ2) is 6.51. The lowest BCUT2D eigenvalue weighted by Crippen LogP contribution is -2.39. The third kappa shape index (κ3) is 3.01. The highest BCUT2D eigenvalue weighted by molar-refractivity contribution is 6.30. The van der Waals surface area contributed by atoms with Crippen LogP contribution in [0.1, 0.15) is 30.0 Å². The quantitative estimate of drug-likeness (QED) is 0.927. The van der Waals surface area contributed by atoms with E-state index in [1.165, 1.54) is 0 Å². The van der Waals surface area contributed by atoms with Crippen LogP contribution in [0.15, 0.2) is 54.6 Å². The van der Waals surface area contributed by atoms with E-state index in [0.717, 1.165) is 24.1 Å². The van der Waals surface area contributed by atoms with Crippen molar-refractivity contribution in [1.82, 2.24) is 4.90 Å². The van der Waals surface area contributed by atoms with Gasteiger partial charge in [0, 0.05) is 11.6 Å². The minimum absolute atomic E-state index is 0.0536. The van der Waals surface area contributed by atoms with Gasteiger partial charge in [-0.05, 0) is 36.1 Å². The van der Waals surface area contributed by atoms with Gasteiger partial charge in [-0.2, -0.15) is 0 Å². The van der Waals surface area contributed by atoms with E-state index >= 15 is 0 Å². The molecule has 2 aromatic rings. The van der Waals surface area contributed by atoms with Crippen LogP contribution in [0.3, 0.4) is 0 Å². The minimum Gasteiger partial charge on any atom is -0.480 e. The average molecular weight is 316 g/mol. The van der Waals surface area contributed by atoms with E-state index in [4.69, 9.17) is 11.6 Å². The Labute approximate surface area is 135 Å². The number of carbonyl (C=O) groups is 1. The third-order valence-electron chi connectivity index (χ3n) is 4.21. The summed E-state index contributed by atoms with van der Waals surface area (Å²) in [4.78, 5) is 13.7. The Balaban J connectivity index is 2.03. The number of nitrogens with zero attached hydrogens (tertiary/aromatic N) is 1. The Kier molecular flexibility index (Phi) is 4.46. The van der Waals surface area contributed by atoms with Crippen molar-refractivity contribution in [1.29, 1.82) is 0 Å². The second-order valence-electron chi connectivity index (χ2n) is 5.60. The standard InChI is InChI=1S/C18H18ClNO2/c19-15-10-8-14(9-11-15)17(13-5-2-1-3-6-13)20-12-4-7-16(20)18(21)22/h1-3,5-6,8-11,16-17H,4,7,12H2,(H,21,22). The molecule has 1 saturated heterocycles. The number of rotatable bonds is 4. The van der Waals surface area contributed by atoms with Crippen molar-refractivity contribution in [2.24, 2.45) is 0 Å². The number of likely N-dealkylation sites (tertiary alicyclic amines) is 1. The van der Waals surface area contributed by atoms with Gasteiger partial charge >= 0.3 is 5.97 Å². The van der Waals surface area contributed by atoms with E-state index in [1.807, 2.05) is 42.5 Å². The van der Waals surface area contributed by atoms with E-state index in [0.29, 0.717) is 11.4 Å². The van der Waals surface area contributed by atoms with Gasteiger partial charge in [-0.15, -0.1) is 0 Å². The van der Waals surface area contributed by atoms with Crippen molar-refractivity contribution >= 4 is 17.6 Å². The zero-order chi connectivity index (χ0) is 15.5. The molecule has 1 aliphatic heterocycles. The first-order valence-electron chi connectivity index (χ1n) is 7.46. The first-order chi connectivity index (χ1) is 10.7. The van der Waals surface area contributed by atoms with Gasteiger partial charge in [0.1, 0.15) is 6.04 Å². The van der Waals surface area contributed by atoms with Crippen molar-refractivity contribution in [2.45, 2.75) is 24.9 Å². The van der Waals surface area contributed by atoms with Gasteiger partial charge in [0.15, 0.2) is 0 Å². The van der Waals surface area contributed by atoms with Crippen LogP contribution < -0.4 is 0 Å². The molecule has 1 fully saturated rings. The van der Waals surface area contributed by atoms with Crippen LogP contribution in [-0.2, 0) is 4.79 Å². The summed E-state index contributed by atoms with van der Waals surface area (Å²) in [5, 5.41) is 10.2. The van der Waals surface area contributed by atoms with Crippen molar-refractivity contribution in [2.75, 3.05) is 6.54 Å². The van der Waals surface area contributed by atoms with E-state index in [9.17, 15) is 9.90 Å². The van der Waals surface area contributed by atoms with E-state index in [1.54, 1.807) is 0 Å². The third-order valence-corrected chi connectivity index (χ3v) is 4.46. The fourth-order valence-electron chi connectivity index (χ4n) is 3.22. The molecule has 2 atom stereocenters. The molecule has 0 saturated carbocycles. The van der Waals surface area contributed by atoms with Crippen LogP contribution in [0.25, 0.3) is 0 Å². The molecule has 114 valence electrons. The van der Waals surface area contributed by atoms with Crippen LogP contribution in [0.2, 0.25) is 5.02 Å². The van der Waals surface area contributed by atoms with Gasteiger partial charge in [0.05, 0.1) is 6.04 Å². The summed E-state index contributed by atoms with van der Waals surface area (Å²) < 4.78 is 0. The lowest BCUT2D eigenvalue weighted by molar-refractivity contribution is -0.142. The Morgan fingerprint density at radius 3 is 2.36 bits per heavy atom. The smallest absolute Gasteiger partial charge is 0.320 e. The molecule has 3 nitrogen and oxygen atoms in total. The lowest BCUT2D eigenvalue weighted by Gasteiger charge is -2.32. The fourth-order valence-corrected chi connectivity index (χ4v) is 3.35. The molecule has 2 aromatic carbocycles. The number of halogens is 1. The Morgan fingerprint density at radius 2 is 1.73 bits per heavy atom. The van der Waals surface area contributed by atoms with Crippen LogP contribution in [-0.4, -0.2) is 28.6 Å². The molecular weight excluding hydrogens is 298 g/mol. The average Bonchev–Trinajstić information content (AvgIpc) is 3.00. The van der Waals surface area contributed by atoms with Crippen LogP contribution >= 0.6 is 11.6 Å². The first kappa shape index (κ1) is 15.1. The molecule has 0 aliphatic carbocycles. The largest absolute Gasteiger partial charge is 0.480 e. The number of benzene rings is 2. The summed E-state index contributed by atoms with van der Waals surface area (Å²) >= 11 is 5.99. The molecule has 4 heteroatoms. The summed E-state index contributed by atoms with van der Waals surface area (Å²) in [6.07, 6.45) is 1.61. The van der Waals surface area contributed by atoms with Crippen LogP contribution in [0.5, 0.6) is 0 Å². The number of carboxylic acid groups (broad SMARTS) is 1. The summed E-state index contributed by atoms with van der Waals surface area (Å²) in [6.45, 7) is 0.791. The van der Waals surface area contributed by atoms with Gasteiger partial charge < -0.3 is 5.11 Å². The normalized spacial score (nSPS) is 20.0. The summed E-state index contributed by atoms with van der Waals surface area (Å²) in [5.41, 5.74) is 2.18. The molecule has 1 N–H and O–H groups in total. The van der Waals surface area contributed by atoms with Crippen molar-refractivity contribution in [3.05, 3.63) is 70.7 Å². The summed E-state index contributed by atoms with van der Waals surface area (Å²) in [7, 11) is 0. The van der Waals surface area contributed by atoms with Gasteiger partial charge in [-0.25, -0.2) is 0 Å². The van der Waals surface area contributed by atoms with E-state index in [2.05, 4.69) is 17.0 Å². The predicted molar refractivity (Wildman–Crippen MR) is 87.1 cm³/mol. The van der Waals surface area contributed by atoms with E-state index in [-0.39, 0.29) is 6.04 Å². The molecule has 0 amide bonds. The summed E-state index contributed by atoms with van der Waals surface area (Å²) in [6, 6.07) is 17.3. The zero-order valence-corrected chi connectivity index (χ0v) is 12.9. The van der Waals surface area contributed by atoms with Gasteiger partial charge in [0.2, 0.25) is 0 Å². The minimum atomic E-state index is -0.743. The molecule has 0 spiro atoms. The molecule has 1 aliphatic rings. The zero-order valence-electron chi connectivity index (χ0n) is 12.2. The van der Waals surface area contributed by atoms with E-state index < -0.39 is 12.0 Å². The van der Waals surface area contributed by atoms with Gasteiger partial charge in [-0.3, -0.25) is 9.69 Å². The molecular formula is C18H18ClNO2. The Bertz CT molecular complexity index is 642. The monoisotopic (exact) mass is 315 g/mol. The Hall–Kier alpha value is -1.84. The molecule has 0 radical (unpaired) electrons. The summed E-state index contributed by atoms with van der Waals surface area (Å²) in [5.74, 6) is -0.743. The maximum Gasteiger partial charge on any atom is 0.320 e. The molecule has 3 rings (SSSR count). The maximum absolute atomic E-state index is 11.6. The van der Waals surface area contributed by atoms with Crippen molar-refractivity contribution < 1.29 is 9.90 Å². The van der Waals surface area contributed by atoms with Gasteiger partial charge in [-0.1, -0.05) is 54.1 Å². The fraction of sp³-hybridized carbons (Fsp3) is 0.278. The maximum atomic E-state index is 11.6. The SMILES string of the molecule is O=C(O)C1CCCN1C(c1ccccc1)c1ccc(Cl)cc1. The highest BCUT2D eigenvalue weighted by Gasteiger charge is 2.36. The lowest BCUT2D eigenvalue weighted by atomic mass is 9.96. The van der Waals surface area contributed by atoms with Gasteiger partial charge in [0.25, 0.3) is 0 Å². The number of carboxylic acids is 1. The van der Waals surface area contributed by atoms with Crippen molar-refractivity contribution in [3.63, 3.8) is 0 Å². The Morgan fingerprint density at radius 1 is 1.09 bits per heavy atom.